The van der Waals surface area contributed by atoms with Crippen LogP contribution in [0.25, 0.3) is 0 Å². The minimum absolute atomic E-state index is 0.0889. The third-order valence-corrected chi connectivity index (χ3v) is 4.02. The van der Waals surface area contributed by atoms with Crippen LogP contribution in [0.1, 0.15) is 23.0 Å². The number of carboxylic acid groups (broad SMARTS) is 1. The number of aromatic carboxylic acids is 1. The average Bonchev–Trinajstić information content (AvgIpc) is 2.34. The van der Waals surface area contributed by atoms with E-state index in [1.807, 2.05) is 0 Å². The molecule has 19 heavy (non-hydrogen) atoms. The molecular weight excluding hydrogens is 272 g/mol. The van der Waals surface area contributed by atoms with Crippen LogP contribution < -0.4 is 5.32 Å². The summed E-state index contributed by atoms with van der Waals surface area (Å²) in [4.78, 5) is 25.8. The van der Waals surface area contributed by atoms with E-state index in [-0.39, 0.29) is 12.2 Å². The third-order valence-electron chi connectivity index (χ3n) is 2.52. The van der Waals surface area contributed by atoms with Gasteiger partial charge in [0.2, 0.25) is 5.91 Å². The van der Waals surface area contributed by atoms with Crippen LogP contribution in [0.3, 0.4) is 0 Å². The van der Waals surface area contributed by atoms with E-state index in [9.17, 15) is 18.0 Å². The maximum Gasteiger partial charge on any atom is 0.354 e. The SMILES string of the molecule is CC(C(=O)NCc1ccc(C(=O)O)nc1)S(C)(=O)=O. The molecule has 2 N–H and O–H groups in total. The molecule has 104 valence electrons. The topological polar surface area (TPSA) is 113 Å². The number of rotatable bonds is 5. The van der Waals surface area contributed by atoms with E-state index in [0.717, 1.165) is 6.26 Å². The molecule has 1 atom stereocenters. The summed E-state index contributed by atoms with van der Waals surface area (Å²) in [6.45, 7) is 1.39. The number of nitrogens with zero attached hydrogens (tertiary/aromatic N) is 1. The minimum Gasteiger partial charge on any atom is -0.477 e. The zero-order valence-electron chi connectivity index (χ0n) is 10.5. The van der Waals surface area contributed by atoms with Gasteiger partial charge in [-0.05, 0) is 18.6 Å². The van der Waals surface area contributed by atoms with Crippen LogP contribution in [0.15, 0.2) is 18.3 Å². The van der Waals surface area contributed by atoms with Crippen molar-refractivity contribution in [3.63, 3.8) is 0 Å². The van der Waals surface area contributed by atoms with Crippen molar-refractivity contribution >= 4 is 21.7 Å². The van der Waals surface area contributed by atoms with Gasteiger partial charge in [0.15, 0.2) is 9.84 Å². The molecule has 0 radical (unpaired) electrons. The molecule has 1 unspecified atom stereocenters. The molecule has 1 heterocycles. The van der Waals surface area contributed by atoms with Crippen molar-refractivity contribution in [1.82, 2.24) is 10.3 Å². The number of nitrogens with one attached hydrogen (secondary N) is 1. The molecule has 0 spiro atoms. The summed E-state index contributed by atoms with van der Waals surface area (Å²) in [5.41, 5.74) is 0.485. The number of hydrogen-bond donors (Lipinski definition) is 2. The summed E-state index contributed by atoms with van der Waals surface area (Å²) in [5.74, 6) is -1.74. The number of amides is 1. The summed E-state index contributed by atoms with van der Waals surface area (Å²) in [5, 5.41) is 9.98. The molecular formula is C11H14N2O5S. The van der Waals surface area contributed by atoms with E-state index < -0.39 is 27.0 Å². The summed E-state index contributed by atoms with van der Waals surface area (Å²) < 4.78 is 22.3. The second-order valence-corrected chi connectivity index (χ2v) is 6.41. The number of carbonyl (C=O) groups is 2. The van der Waals surface area contributed by atoms with E-state index in [0.29, 0.717) is 5.56 Å². The molecule has 1 amide bonds. The monoisotopic (exact) mass is 286 g/mol. The Bertz CT molecular complexity index is 580. The largest absolute Gasteiger partial charge is 0.477 e. The number of hydrogen-bond acceptors (Lipinski definition) is 5. The Hall–Kier alpha value is -1.96. The lowest BCUT2D eigenvalue weighted by atomic mass is 10.2. The molecule has 1 aromatic rings. The van der Waals surface area contributed by atoms with Crippen molar-refractivity contribution in [2.45, 2.75) is 18.7 Å². The lowest BCUT2D eigenvalue weighted by molar-refractivity contribution is -0.120. The normalized spacial score (nSPS) is 12.7. The Labute approximate surface area is 110 Å². The van der Waals surface area contributed by atoms with Gasteiger partial charge in [0.05, 0.1) is 0 Å². The molecule has 1 rings (SSSR count). The van der Waals surface area contributed by atoms with E-state index in [4.69, 9.17) is 5.11 Å². The highest BCUT2D eigenvalue weighted by Gasteiger charge is 2.22. The zero-order valence-corrected chi connectivity index (χ0v) is 11.3. The van der Waals surface area contributed by atoms with Crippen LogP contribution in [0.2, 0.25) is 0 Å². The van der Waals surface area contributed by atoms with Crippen molar-refractivity contribution in [3.05, 3.63) is 29.6 Å². The van der Waals surface area contributed by atoms with Crippen LogP contribution in [-0.2, 0) is 21.2 Å². The van der Waals surface area contributed by atoms with Gasteiger partial charge in [-0.1, -0.05) is 6.07 Å². The number of carboxylic acids is 1. The zero-order chi connectivity index (χ0) is 14.6. The Kier molecular flexibility index (Phi) is 4.60. The van der Waals surface area contributed by atoms with Crippen LogP contribution in [0, 0.1) is 0 Å². The maximum absolute atomic E-state index is 11.5. The van der Waals surface area contributed by atoms with Crippen molar-refractivity contribution in [2.24, 2.45) is 0 Å². The predicted molar refractivity (Wildman–Crippen MR) is 67.3 cm³/mol. The van der Waals surface area contributed by atoms with Gasteiger partial charge in [-0.2, -0.15) is 0 Å². The lowest BCUT2D eigenvalue weighted by Gasteiger charge is -2.10. The molecule has 0 aliphatic carbocycles. The van der Waals surface area contributed by atoms with Gasteiger partial charge in [-0.3, -0.25) is 4.79 Å². The van der Waals surface area contributed by atoms with E-state index in [2.05, 4.69) is 10.3 Å². The first-order valence-electron chi connectivity index (χ1n) is 5.36. The quantitative estimate of drug-likeness (QED) is 0.776. The molecule has 7 nitrogen and oxygen atoms in total. The van der Waals surface area contributed by atoms with Crippen LogP contribution >= 0.6 is 0 Å². The van der Waals surface area contributed by atoms with Crippen LogP contribution in [-0.4, -0.2) is 41.9 Å². The Morgan fingerprint density at radius 2 is 2.05 bits per heavy atom. The van der Waals surface area contributed by atoms with E-state index in [1.165, 1.54) is 25.3 Å². The molecule has 0 aromatic carbocycles. The molecule has 0 saturated carbocycles. The minimum atomic E-state index is -3.43. The number of aromatic nitrogens is 1. The van der Waals surface area contributed by atoms with Gasteiger partial charge in [0, 0.05) is 19.0 Å². The van der Waals surface area contributed by atoms with Crippen LogP contribution in [0.5, 0.6) is 0 Å². The first kappa shape index (κ1) is 15.1. The summed E-state index contributed by atoms with van der Waals surface area (Å²) in [6.07, 6.45) is 2.30. The number of carbonyl (C=O) groups excluding carboxylic acids is 1. The number of sulfone groups is 1. The highest BCUT2D eigenvalue weighted by atomic mass is 32.2. The van der Waals surface area contributed by atoms with Crippen molar-refractivity contribution in [3.8, 4) is 0 Å². The fourth-order valence-electron chi connectivity index (χ4n) is 1.18. The van der Waals surface area contributed by atoms with Crippen molar-refractivity contribution in [1.29, 1.82) is 0 Å². The predicted octanol–water partition coefficient (Wildman–Crippen LogP) is -0.171. The highest BCUT2D eigenvalue weighted by molar-refractivity contribution is 7.92. The van der Waals surface area contributed by atoms with Gasteiger partial charge in [0.1, 0.15) is 10.9 Å². The number of pyridine rings is 1. The van der Waals surface area contributed by atoms with E-state index in [1.54, 1.807) is 0 Å². The molecule has 0 aliphatic rings. The molecule has 0 fully saturated rings. The Morgan fingerprint density at radius 3 is 2.47 bits per heavy atom. The fourth-order valence-corrected chi connectivity index (χ4v) is 1.66. The van der Waals surface area contributed by atoms with E-state index >= 15 is 0 Å². The van der Waals surface area contributed by atoms with Crippen molar-refractivity contribution < 1.29 is 23.1 Å². The standard InChI is InChI=1S/C11H14N2O5S/c1-7(19(2,17)18)10(14)13-6-8-3-4-9(11(15)16)12-5-8/h3-5,7H,6H2,1-2H3,(H,13,14)(H,15,16). The molecule has 8 heteroatoms. The Balaban J connectivity index is 2.62. The first-order chi connectivity index (χ1) is 8.71. The smallest absolute Gasteiger partial charge is 0.354 e. The summed E-state index contributed by atoms with van der Waals surface area (Å²) >= 11 is 0. The Morgan fingerprint density at radius 1 is 1.42 bits per heavy atom. The summed E-state index contributed by atoms with van der Waals surface area (Å²) in [6, 6.07) is 2.81. The third kappa shape index (κ3) is 4.32. The molecule has 0 bridgehead atoms. The van der Waals surface area contributed by atoms with Gasteiger partial charge in [-0.25, -0.2) is 18.2 Å². The van der Waals surface area contributed by atoms with Gasteiger partial charge < -0.3 is 10.4 Å². The molecule has 0 saturated heterocycles. The second kappa shape index (κ2) is 5.79. The van der Waals surface area contributed by atoms with Crippen LogP contribution in [0.4, 0.5) is 0 Å². The molecule has 0 aliphatic heterocycles. The highest BCUT2D eigenvalue weighted by Crippen LogP contribution is 2.02. The summed E-state index contributed by atoms with van der Waals surface area (Å²) in [7, 11) is -3.43. The maximum atomic E-state index is 11.5. The van der Waals surface area contributed by atoms with Gasteiger partial charge in [0.25, 0.3) is 0 Å². The van der Waals surface area contributed by atoms with Gasteiger partial charge >= 0.3 is 5.97 Å². The van der Waals surface area contributed by atoms with Gasteiger partial charge in [-0.15, -0.1) is 0 Å². The van der Waals surface area contributed by atoms with Crippen molar-refractivity contribution in [2.75, 3.05) is 6.26 Å². The lowest BCUT2D eigenvalue weighted by Crippen LogP contribution is -2.37. The second-order valence-electron chi connectivity index (χ2n) is 4.05. The average molecular weight is 286 g/mol. The molecule has 1 aromatic heterocycles. The fraction of sp³-hybridized carbons (Fsp3) is 0.364. The first-order valence-corrected chi connectivity index (χ1v) is 7.32.